The van der Waals surface area contributed by atoms with E-state index in [0.717, 1.165) is 35.8 Å². The summed E-state index contributed by atoms with van der Waals surface area (Å²) in [5.41, 5.74) is 0.250. The molecule has 0 aromatic heterocycles. The molecule has 0 saturated carbocycles. The van der Waals surface area contributed by atoms with Gasteiger partial charge in [-0.3, -0.25) is 14.0 Å². The number of amides is 1. The summed E-state index contributed by atoms with van der Waals surface area (Å²) in [5, 5.41) is 2.76. The predicted molar refractivity (Wildman–Crippen MR) is 93.5 cm³/mol. The van der Waals surface area contributed by atoms with Crippen molar-refractivity contribution in [3.05, 3.63) is 30.1 Å². The molecule has 1 unspecified atom stereocenters. The van der Waals surface area contributed by atoms with Crippen LogP contribution in [0.15, 0.2) is 24.3 Å². The number of hydrogen-bond donors (Lipinski definition) is 1. The zero-order valence-electron chi connectivity index (χ0n) is 14.4. The number of hydrogen-bond acceptors (Lipinski definition) is 5. The standard InChI is InChI=1S/C16H24FN3O4S/c1-13(16(21)18-7-8-19-9-11-24-12-10-19)20(25(2,22)23)15-5-3-14(17)4-6-15/h3-6,13H,7-12H2,1-2H3,(H,18,21). The topological polar surface area (TPSA) is 79.0 Å². The molecule has 1 heterocycles. The first-order chi connectivity index (χ1) is 11.8. The number of carbonyl (C=O) groups excluding carboxylic acids is 1. The number of ether oxygens (including phenoxy) is 1. The lowest BCUT2D eigenvalue weighted by molar-refractivity contribution is -0.121. The van der Waals surface area contributed by atoms with Crippen LogP contribution in [-0.2, 0) is 19.6 Å². The molecule has 9 heteroatoms. The summed E-state index contributed by atoms with van der Waals surface area (Å²) in [6.45, 7) is 5.59. The fraction of sp³-hybridized carbons (Fsp3) is 0.562. The number of sulfonamides is 1. The van der Waals surface area contributed by atoms with E-state index in [1.54, 1.807) is 0 Å². The molecule has 1 atom stereocenters. The highest BCUT2D eigenvalue weighted by atomic mass is 32.2. The third-order valence-electron chi connectivity index (χ3n) is 4.00. The normalized spacial score (nSPS) is 17.1. The van der Waals surface area contributed by atoms with E-state index < -0.39 is 27.8 Å². The van der Waals surface area contributed by atoms with Gasteiger partial charge in [-0.05, 0) is 31.2 Å². The predicted octanol–water partition coefficient (Wildman–Crippen LogP) is 0.429. The van der Waals surface area contributed by atoms with E-state index in [4.69, 9.17) is 4.74 Å². The number of anilines is 1. The Balaban J connectivity index is 1.99. The maximum Gasteiger partial charge on any atom is 0.243 e. The van der Waals surface area contributed by atoms with E-state index in [1.165, 1.54) is 19.1 Å². The Labute approximate surface area is 147 Å². The lowest BCUT2D eigenvalue weighted by Gasteiger charge is -2.29. The highest BCUT2D eigenvalue weighted by molar-refractivity contribution is 7.92. The molecule has 1 aromatic carbocycles. The Kier molecular flexibility index (Phi) is 6.74. The molecule has 7 nitrogen and oxygen atoms in total. The second-order valence-corrected chi connectivity index (χ2v) is 7.82. The van der Waals surface area contributed by atoms with E-state index in [-0.39, 0.29) is 5.69 Å². The molecule has 0 bridgehead atoms. The van der Waals surface area contributed by atoms with Gasteiger partial charge in [0, 0.05) is 26.2 Å². The van der Waals surface area contributed by atoms with Crippen LogP contribution in [0.25, 0.3) is 0 Å². The number of benzene rings is 1. The minimum absolute atomic E-state index is 0.250. The van der Waals surface area contributed by atoms with Crippen molar-refractivity contribution in [3.8, 4) is 0 Å². The summed E-state index contributed by atoms with van der Waals surface area (Å²) in [5.74, 6) is -0.872. The zero-order valence-corrected chi connectivity index (χ0v) is 15.3. The highest BCUT2D eigenvalue weighted by Crippen LogP contribution is 2.21. The van der Waals surface area contributed by atoms with Gasteiger partial charge in [0.15, 0.2) is 0 Å². The van der Waals surface area contributed by atoms with Gasteiger partial charge in [-0.25, -0.2) is 12.8 Å². The molecule has 140 valence electrons. The smallest absolute Gasteiger partial charge is 0.243 e. The Bertz CT molecular complexity index is 675. The Morgan fingerprint density at radius 2 is 1.92 bits per heavy atom. The maximum absolute atomic E-state index is 13.1. The molecule has 0 spiro atoms. The van der Waals surface area contributed by atoms with Crippen LogP contribution in [0, 0.1) is 5.82 Å². The summed E-state index contributed by atoms with van der Waals surface area (Å²) >= 11 is 0. The first-order valence-corrected chi connectivity index (χ1v) is 9.96. The van der Waals surface area contributed by atoms with Crippen molar-refractivity contribution in [1.82, 2.24) is 10.2 Å². The second kappa shape index (κ2) is 8.59. The van der Waals surface area contributed by atoms with Gasteiger partial charge in [0.25, 0.3) is 0 Å². The van der Waals surface area contributed by atoms with E-state index in [9.17, 15) is 17.6 Å². The number of halogens is 1. The van der Waals surface area contributed by atoms with Gasteiger partial charge < -0.3 is 10.1 Å². The van der Waals surface area contributed by atoms with Gasteiger partial charge >= 0.3 is 0 Å². The molecule has 1 saturated heterocycles. The molecule has 2 rings (SSSR count). The van der Waals surface area contributed by atoms with Crippen LogP contribution in [0.1, 0.15) is 6.92 Å². The second-order valence-electron chi connectivity index (χ2n) is 5.96. The van der Waals surface area contributed by atoms with Gasteiger partial charge in [0.1, 0.15) is 11.9 Å². The zero-order chi connectivity index (χ0) is 18.4. The van der Waals surface area contributed by atoms with E-state index >= 15 is 0 Å². The summed E-state index contributed by atoms with van der Waals surface area (Å²) in [4.78, 5) is 14.5. The van der Waals surface area contributed by atoms with Crippen LogP contribution in [0.2, 0.25) is 0 Å². The largest absolute Gasteiger partial charge is 0.379 e. The van der Waals surface area contributed by atoms with Gasteiger partial charge in [-0.2, -0.15) is 0 Å². The van der Waals surface area contributed by atoms with Crippen molar-refractivity contribution in [2.24, 2.45) is 0 Å². The van der Waals surface area contributed by atoms with Crippen LogP contribution in [0.4, 0.5) is 10.1 Å². The molecule has 1 aliphatic heterocycles. The molecule has 0 radical (unpaired) electrons. The van der Waals surface area contributed by atoms with Crippen LogP contribution in [0.5, 0.6) is 0 Å². The summed E-state index contributed by atoms with van der Waals surface area (Å²) in [7, 11) is -3.70. The summed E-state index contributed by atoms with van der Waals surface area (Å²) < 4.78 is 43.6. The molecule has 1 amide bonds. The summed E-state index contributed by atoms with van der Waals surface area (Å²) in [6.07, 6.45) is 1.02. The fourth-order valence-electron chi connectivity index (χ4n) is 2.71. The van der Waals surface area contributed by atoms with Gasteiger partial charge in [0.2, 0.25) is 15.9 Å². The van der Waals surface area contributed by atoms with Crippen molar-refractivity contribution in [2.75, 3.05) is 50.0 Å². The Morgan fingerprint density at radius 3 is 2.48 bits per heavy atom. The van der Waals surface area contributed by atoms with Crippen molar-refractivity contribution >= 4 is 21.6 Å². The number of rotatable bonds is 7. The third kappa shape index (κ3) is 5.65. The molecular formula is C16H24FN3O4S. The Morgan fingerprint density at radius 1 is 1.32 bits per heavy atom. The number of nitrogens with one attached hydrogen (secondary N) is 1. The monoisotopic (exact) mass is 373 g/mol. The first-order valence-electron chi connectivity index (χ1n) is 8.12. The van der Waals surface area contributed by atoms with Crippen molar-refractivity contribution in [1.29, 1.82) is 0 Å². The SMILES string of the molecule is CC(C(=O)NCCN1CCOCC1)N(c1ccc(F)cc1)S(C)(=O)=O. The first kappa shape index (κ1) is 19.6. The van der Waals surface area contributed by atoms with Crippen LogP contribution in [0.3, 0.4) is 0 Å². The maximum atomic E-state index is 13.1. The van der Waals surface area contributed by atoms with E-state index in [2.05, 4.69) is 10.2 Å². The molecule has 0 aliphatic carbocycles. The van der Waals surface area contributed by atoms with Gasteiger partial charge in [0.05, 0.1) is 25.2 Å². The molecule has 1 aromatic rings. The minimum atomic E-state index is -3.70. The Hall–Kier alpha value is -1.71. The average Bonchev–Trinajstić information content (AvgIpc) is 2.56. The van der Waals surface area contributed by atoms with Crippen LogP contribution < -0.4 is 9.62 Å². The van der Waals surface area contributed by atoms with Crippen molar-refractivity contribution in [3.63, 3.8) is 0 Å². The van der Waals surface area contributed by atoms with Gasteiger partial charge in [-0.15, -0.1) is 0 Å². The van der Waals surface area contributed by atoms with E-state index in [0.29, 0.717) is 26.3 Å². The molecule has 1 aliphatic rings. The van der Waals surface area contributed by atoms with E-state index in [1.807, 2.05) is 0 Å². The summed E-state index contributed by atoms with van der Waals surface area (Å²) in [6, 6.07) is 4.07. The number of morpholine rings is 1. The van der Waals surface area contributed by atoms with Crippen LogP contribution >= 0.6 is 0 Å². The number of nitrogens with zero attached hydrogens (tertiary/aromatic N) is 2. The van der Waals surface area contributed by atoms with Crippen molar-refractivity contribution < 1.29 is 22.3 Å². The van der Waals surface area contributed by atoms with Gasteiger partial charge in [-0.1, -0.05) is 0 Å². The van der Waals surface area contributed by atoms with Crippen LogP contribution in [-0.4, -0.2) is 70.9 Å². The lowest BCUT2D eigenvalue weighted by Crippen LogP contribution is -2.49. The van der Waals surface area contributed by atoms with Crippen molar-refractivity contribution in [2.45, 2.75) is 13.0 Å². The molecule has 1 fully saturated rings. The quantitative estimate of drug-likeness (QED) is 0.750. The molecule has 1 N–H and O–H groups in total. The molecular weight excluding hydrogens is 349 g/mol. The number of carbonyl (C=O) groups is 1. The average molecular weight is 373 g/mol. The molecule has 25 heavy (non-hydrogen) atoms. The highest BCUT2D eigenvalue weighted by Gasteiger charge is 2.29. The third-order valence-corrected chi connectivity index (χ3v) is 5.24. The fourth-order valence-corrected chi connectivity index (χ4v) is 3.88. The lowest BCUT2D eigenvalue weighted by atomic mass is 10.2. The minimum Gasteiger partial charge on any atom is -0.379 e.